The van der Waals surface area contributed by atoms with E-state index in [2.05, 4.69) is 6.58 Å². The van der Waals surface area contributed by atoms with Crippen molar-refractivity contribution in [2.75, 3.05) is 13.1 Å². The van der Waals surface area contributed by atoms with Crippen LogP contribution < -0.4 is 5.73 Å². The summed E-state index contributed by atoms with van der Waals surface area (Å²) in [6.07, 6.45) is 5.59. The topological polar surface area (TPSA) is 83.6 Å². The van der Waals surface area contributed by atoms with Gasteiger partial charge in [0, 0.05) is 19.1 Å². The van der Waals surface area contributed by atoms with Crippen molar-refractivity contribution in [3.8, 4) is 0 Å². The second-order valence-corrected chi connectivity index (χ2v) is 8.88. The quantitative estimate of drug-likeness (QED) is 0.567. The number of nitrogens with zero attached hydrogens (tertiary/aromatic N) is 1. The summed E-state index contributed by atoms with van der Waals surface area (Å²) in [5.41, 5.74) is 7.15. The van der Waals surface area contributed by atoms with Crippen molar-refractivity contribution in [1.82, 2.24) is 4.31 Å². The van der Waals surface area contributed by atoms with E-state index in [0.717, 1.165) is 5.56 Å². The number of rotatable bonds is 11. The molecule has 0 bridgehead atoms. The summed E-state index contributed by atoms with van der Waals surface area (Å²) in [5.74, 6) is 0.105. The first-order valence-corrected chi connectivity index (χ1v) is 10.6. The van der Waals surface area contributed by atoms with Crippen LogP contribution in [0.25, 0.3) is 0 Å². The van der Waals surface area contributed by atoms with Gasteiger partial charge < -0.3 is 10.8 Å². The zero-order valence-corrected chi connectivity index (χ0v) is 17.3. The van der Waals surface area contributed by atoms with Crippen molar-refractivity contribution in [2.24, 2.45) is 11.7 Å². The van der Waals surface area contributed by atoms with Crippen LogP contribution in [0.3, 0.4) is 0 Å². The number of hydrogen-bond acceptors (Lipinski definition) is 4. The maximum Gasteiger partial charge on any atom is 0.243 e. The van der Waals surface area contributed by atoms with Gasteiger partial charge in [-0.25, -0.2) is 8.42 Å². The van der Waals surface area contributed by atoms with Crippen LogP contribution >= 0.6 is 0 Å². The third kappa shape index (κ3) is 7.42. The third-order valence-corrected chi connectivity index (χ3v) is 5.86. The zero-order chi connectivity index (χ0) is 20.4. The van der Waals surface area contributed by atoms with Gasteiger partial charge in [0.05, 0.1) is 11.0 Å². The molecular weight excluding hydrogens is 360 g/mol. The first-order valence-electron chi connectivity index (χ1n) is 9.15. The largest absolute Gasteiger partial charge is 0.390 e. The number of sulfonamides is 1. The molecule has 0 radical (unpaired) electrons. The molecule has 0 fully saturated rings. The second kappa shape index (κ2) is 11.2. The molecule has 1 rings (SSSR count). The van der Waals surface area contributed by atoms with E-state index in [0.29, 0.717) is 13.0 Å². The predicted octanol–water partition coefficient (Wildman–Crippen LogP) is 2.85. The third-order valence-electron chi connectivity index (χ3n) is 4.02. The minimum absolute atomic E-state index is 0.0550. The maximum absolute atomic E-state index is 13.1. The average molecular weight is 393 g/mol. The Morgan fingerprint density at radius 2 is 1.89 bits per heavy atom. The Labute approximate surface area is 163 Å². The molecule has 3 N–H and O–H groups in total. The van der Waals surface area contributed by atoms with Crippen LogP contribution in [-0.2, 0) is 16.4 Å². The Morgan fingerprint density at radius 1 is 1.26 bits per heavy atom. The highest BCUT2D eigenvalue weighted by atomic mass is 32.2. The van der Waals surface area contributed by atoms with E-state index in [1.807, 2.05) is 44.2 Å². The molecule has 0 aliphatic rings. The Bertz CT molecular complexity index is 740. The molecule has 0 unspecified atom stereocenters. The molecule has 0 aliphatic carbocycles. The normalized spacial score (nSPS) is 15.4. The number of nitrogens with two attached hydrogens (primary N) is 1. The molecule has 0 saturated carbocycles. The van der Waals surface area contributed by atoms with Crippen LogP contribution in [0, 0.1) is 5.92 Å². The fourth-order valence-electron chi connectivity index (χ4n) is 2.70. The molecule has 0 aliphatic heterocycles. The number of allylic oxidation sites excluding steroid dienone is 4. The highest BCUT2D eigenvalue weighted by Gasteiger charge is 2.29. The van der Waals surface area contributed by atoms with E-state index in [4.69, 9.17) is 5.73 Å². The van der Waals surface area contributed by atoms with Crippen LogP contribution in [-0.4, -0.2) is 43.1 Å². The van der Waals surface area contributed by atoms with Gasteiger partial charge in [-0.15, -0.1) is 0 Å². The van der Waals surface area contributed by atoms with Gasteiger partial charge in [-0.2, -0.15) is 4.31 Å². The molecule has 0 saturated heterocycles. The molecule has 1 aromatic rings. The van der Waals surface area contributed by atoms with Crippen molar-refractivity contribution in [2.45, 2.75) is 39.3 Å². The minimum atomic E-state index is -3.76. The number of benzene rings is 1. The van der Waals surface area contributed by atoms with E-state index in [-0.39, 0.29) is 17.4 Å². The molecular formula is C21H32N2O3S. The summed E-state index contributed by atoms with van der Waals surface area (Å²) in [6, 6.07) is 9.04. The number of aliphatic hydroxyl groups is 1. The molecule has 0 amide bonds. The predicted molar refractivity (Wildman–Crippen MR) is 113 cm³/mol. The fourth-order valence-corrected chi connectivity index (χ4v) is 4.42. The van der Waals surface area contributed by atoms with Crippen LogP contribution in [0.2, 0.25) is 0 Å². The molecule has 27 heavy (non-hydrogen) atoms. The van der Waals surface area contributed by atoms with Gasteiger partial charge >= 0.3 is 0 Å². The van der Waals surface area contributed by atoms with Crippen molar-refractivity contribution in [3.05, 3.63) is 71.7 Å². The van der Waals surface area contributed by atoms with Crippen molar-refractivity contribution >= 4 is 10.0 Å². The molecule has 0 aromatic heterocycles. The number of aliphatic hydroxyl groups excluding tert-OH is 1. The highest BCUT2D eigenvalue weighted by molar-refractivity contribution is 7.93. The fraction of sp³-hybridized carbons (Fsp3) is 0.429. The average Bonchev–Trinajstić information content (AvgIpc) is 2.61. The van der Waals surface area contributed by atoms with Gasteiger partial charge in [0.25, 0.3) is 0 Å². The first-order chi connectivity index (χ1) is 12.7. The van der Waals surface area contributed by atoms with Gasteiger partial charge in [-0.1, -0.05) is 62.9 Å². The summed E-state index contributed by atoms with van der Waals surface area (Å²) >= 11 is 0. The standard InChI is InChI=1S/C21H32N2O3S/c1-5-10-19(11-6-2)27(25,26)23(15-17(3)4)16-21(24)20(22)14-18-12-8-7-9-13-18/h5-13,17,20-21,24H,1,14-16,22H2,2-4H3/b11-6-,19-10+/t20-,21+/m0/s1. The smallest absolute Gasteiger partial charge is 0.243 e. The molecule has 0 spiro atoms. The molecule has 5 nitrogen and oxygen atoms in total. The van der Waals surface area contributed by atoms with Crippen LogP contribution in [0.15, 0.2) is 66.1 Å². The lowest BCUT2D eigenvalue weighted by Gasteiger charge is -2.29. The zero-order valence-electron chi connectivity index (χ0n) is 16.5. The van der Waals surface area contributed by atoms with Crippen molar-refractivity contribution < 1.29 is 13.5 Å². The molecule has 6 heteroatoms. The SMILES string of the molecule is C=C/C=C(\C=C/C)S(=O)(=O)N(CC(C)C)C[C@@H](O)[C@@H](N)Cc1ccccc1. The monoisotopic (exact) mass is 392 g/mol. The Hall–Kier alpha value is -1.73. The minimum Gasteiger partial charge on any atom is -0.390 e. The molecule has 150 valence electrons. The van der Waals surface area contributed by atoms with Gasteiger partial charge in [0.2, 0.25) is 10.0 Å². The van der Waals surface area contributed by atoms with Crippen LogP contribution in [0.1, 0.15) is 26.3 Å². The van der Waals surface area contributed by atoms with Crippen molar-refractivity contribution in [1.29, 1.82) is 0 Å². The van der Waals surface area contributed by atoms with E-state index in [9.17, 15) is 13.5 Å². The lowest BCUT2D eigenvalue weighted by molar-refractivity contribution is 0.116. The van der Waals surface area contributed by atoms with E-state index in [1.165, 1.54) is 22.5 Å². The Balaban J connectivity index is 3.02. The summed E-state index contributed by atoms with van der Waals surface area (Å²) < 4.78 is 27.4. The van der Waals surface area contributed by atoms with Crippen molar-refractivity contribution in [3.63, 3.8) is 0 Å². The molecule has 2 atom stereocenters. The van der Waals surface area contributed by atoms with Crippen LogP contribution in [0.5, 0.6) is 0 Å². The molecule has 0 heterocycles. The van der Waals surface area contributed by atoms with Gasteiger partial charge in [0.15, 0.2) is 0 Å². The summed E-state index contributed by atoms with van der Waals surface area (Å²) in [4.78, 5) is 0.143. The summed E-state index contributed by atoms with van der Waals surface area (Å²) in [5, 5.41) is 10.6. The summed E-state index contributed by atoms with van der Waals surface area (Å²) in [6.45, 7) is 9.46. The maximum atomic E-state index is 13.1. The van der Waals surface area contributed by atoms with E-state index in [1.54, 1.807) is 13.0 Å². The first kappa shape index (κ1) is 23.3. The van der Waals surface area contributed by atoms with Crippen LogP contribution in [0.4, 0.5) is 0 Å². The summed E-state index contributed by atoms with van der Waals surface area (Å²) in [7, 11) is -3.76. The van der Waals surface area contributed by atoms with Gasteiger partial charge in [-0.3, -0.25) is 0 Å². The van der Waals surface area contributed by atoms with Gasteiger partial charge in [-0.05, 0) is 37.0 Å². The van der Waals surface area contributed by atoms with E-state index < -0.39 is 22.2 Å². The highest BCUT2D eigenvalue weighted by Crippen LogP contribution is 2.18. The lowest BCUT2D eigenvalue weighted by atomic mass is 10.0. The Kier molecular flexibility index (Phi) is 9.66. The Morgan fingerprint density at radius 3 is 2.41 bits per heavy atom. The van der Waals surface area contributed by atoms with Gasteiger partial charge in [0.1, 0.15) is 0 Å². The molecule has 1 aromatic carbocycles. The number of hydrogen-bond donors (Lipinski definition) is 2. The van der Waals surface area contributed by atoms with E-state index >= 15 is 0 Å². The second-order valence-electron chi connectivity index (χ2n) is 6.94. The lowest BCUT2D eigenvalue weighted by Crippen LogP contribution is -2.47.